The minimum Gasteiger partial charge on any atom is -0.508 e. The van der Waals surface area contributed by atoms with Gasteiger partial charge >= 0.3 is 0 Å². The number of hydrogen-bond donors (Lipinski definition) is 2. The highest BCUT2D eigenvalue weighted by atomic mass is 19.1. The maximum atomic E-state index is 13.5. The van der Waals surface area contributed by atoms with Gasteiger partial charge in [-0.25, -0.2) is 4.39 Å². The van der Waals surface area contributed by atoms with Gasteiger partial charge in [-0.3, -0.25) is 4.79 Å². The highest BCUT2D eigenvalue weighted by Gasteiger charge is 2.12. The Morgan fingerprint density at radius 2 is 1.79 bits per heavy atom. The van der Waals surface area contributed by atoms with Crippen molar-refractivity contribution in [1.82, 2.24) is 4.57 Å². The zero-order valence-electron chi connectivity index (χ0n) is 10.0. The molecule has 0 spiro atoms. The lowest BCUT2D eigenvalue weighted by molar-refractivity contribution is 0.433. The molecule has 2 aromatic carbocycles. The van der Waals surface area contributed by atoms with E-state index in [2.05, 4.69) is 0 Å². The van der Waals surface area contributed by atoms with Gasteiger partial charge in [-0.15, -0.1) is 0 Å². The van der Waals surface area contributed by atoms with E-state index in [1.165, 1.54) is 16.7 Å². The third-order valence-corrected chi connectivity index (χ3v) is 3.25. The molecular weight excluding hydrogens is 249 g/mol. The van der Waals surface area contributed by atoms with Gasteiger partial charge in [0.2, 0.25) is 0 Å². The first-order valence-corrected chi connectivity index (χ1v) is 5.63. The standard InChI is InChI=1S/C14H10FNO3/c1-16-12-4-7(17)2-3-8(12)9-5-11(15)13(18)6-10(9)14(16)19/h2-6,17-18H,1H3. The van der Waals surface area contributed by atoms with Gasteiger partial charge in [-0.2, -0.15) is 0 Å². The number of aromatic hydroxyl groups is 2. The van der Waals surface area contributed by atoms with Crippen molar-refractivity contribution in [2.24, 2.45) is 7.05 Å². The largest absolute Gasteiger partial charge is 0.508 e. The summed E-state index contributed by atoms with van der Waals surface area (Å²) in [6.45, 7) is 0. The van der Waals surface area contributed by atoms with E-state index in [-0.39, 0.29) is 16.7 Å². The molecule has 1 aromatic heterocycles. The van der Waals surface area contributed by atoms with Crippen molar-refractivity contribution in [3.63, 3.8) is 0 Å². The van der Waals surface area contributed by atoms with E-state index in [1.54, 1.807) is 13.1 Å². The van der Waals surface area contributed by atoms with Gasteiger partial charge in [-0.1, -0.05) is 0 Å². The second kappa shape index (κ2) is 3.71. The Bertz CT molecular complexity index is 883. The van der Waals surface area contributed by atoms with Gasteiger partial charge in [-0.05, 0) is 29.7 Å². The SMILES string of the molecule is Cn1c(=O)c2cc(O)c(F)cc2c2ccc(O)cc21. The van der Waals surface area contributed by atoms with Gasteiger partial charge in [0.25, 0.3) is 5.56 Å². The van der Waals surface area contributed by atoms with Crippen LogP contribution in [-0.2, 0) is 7.05 Å². The monoisotopic (exact) mass is 259 g/mol. The van der Waals surface area contributed by atoms with Crippen LogP contribution >= 0.6 is 0 Å². The Hall–Kier alpha value is -2.56. The number of halogens is 1. The molecule has 0 atom stereocenters. The predicted molar refractivity (Wildman–Crippen MR) is 70.0 cm³/mol. The number of benzene rings is 2. The highest BCUT2D eigenvalue weighted by Crippen LogP contribution is 2.29. The molecule has 0 unspecified atom stereocenters. The van der Waals surface area contributed by atoms with Crippen LogP contribution in [0.3, 0.4) is 0 Å². The van der Waals surface area contributed by atoms with Gasteiger partial charge in [0.1, 0.15) is 5.75 Å². The fourth-order valence-corrected chi connectivity index (χ4v) is 2.28. The summed E-state index contributed by atoms with van der Waals surface area (Å²) in [5, 5.41) is 20.2. The number of aryl methyl sites for hydroxylation is 1. The van der Waals surface area contributed by atoms with Crippen LogP contribution in [0.4, 0.5) is 4.39 Å². The predicted octanol–water partition coefficient (Wildman–Crippen LogP) is 2.24. The third-order valence-electron chi connectivity index (χ3n) is 3.25. The summed E-state index contributed by atoms with van der Waals surface area (Å²) < 4.78 is 14.8. The Morgan fingerprint density at radius 3 is 2.53 bits per heavy atom. The second-order valence-electron chi connectivity index (χ2n) is 4.41. The van der Waals surface area contributed by atoms with E-state index in [0.717, 1.165) is 12.1 Å². The molecule has 3 aromatic rings. The minimum atomic E-state index is -0.782. The summed E-state index contributed by atoms with van der Waals surface area (Å²) in [7, 11) is 1.56. The van der Waals surface area contributed by atoms with E-state index in [1.807, 2.05) is 0 Å². The van der Waals surface area contributed by atoms with Gasteiger partial charge < -0.3 is 14.8 Å². The molecule has 0 aliphatic carbocycles. The number of fused-ring (bicyclic) bond motifs is 3. The Kier molecular flexibility index (Phi) is 2.25. The Balaban J connectivity index is 2.67. The molecular formula is C14H10FNO3. The number of phenolic OH excluding ortho intramolecular Hbond substituents is 2. The first kappa shape index (κ1) is 11.5. The van der Waals surface area contributed by atoms with E-state index in [0.29, 0.717) is 16.3 Å². The van der Waals surface area contributed by atoms with E-state index < -0.39 is 11.6 Å². The van der Waals surface area contributed by atoms with Crippen LogP contribution in [0.2, 0.25) is 0 Å². The fourth-order valence-electron chi connectivity index (χ4n) is 2.28. The van der Waals surface area contributed by atoms with Crippen molar-refractivity contribution in [1.29, 1.82) is 0 Å². The van der Waals surface area contributed by atoms with Crippen LogP contribution in [0.1, 0.15) is 0 Å². The number of rotatable bonds is 0. The van der Waals surface area contributed by atoms with Crippen LogP contribution in [0.25, 0.3) is 21.7 Å². The molecule has 0 aliphatic heterocycles. The van der Waals surface area contributed by atoms with E-state index >= 15 is 0 Å². The molecule has 0 amide bonds. The molecule has 0 saturated heterocycles. The number of phenols is 2. The molecule has 4 nitrogen and oxygen atoms in total. The topological polar surface area (TPSA) is 62.5 Å². The smallest absolute Gasteiger partial charge is 0.258 e. The third kappa shape index (κ3) is 1.55. The maximum Gasteiger partial charge on any atom is 0.258 e. The van der Waals surface area contributed by atoms with Crippen molar-refractivity contribution in [2.45, 2.75) is 0 Å². The first-order chi connectivity index (χ1) is 8.99. The molecule has 5 heteroatoms. The van der Waals surface area contributed by atoms with Crippen LogP contribution < -0.4 is 5.56 Å². The average Bonchev–Trinajstić information content (AvgIpc) is 2.38. The molecule has 0 fully saturated rings. The molecule has 0 saturated carbocycles. The van der Waals surface area contributed by atoms with Crippen molar-refractivity contribution >= 4 is 21.7 Å². The normalized spacial score (nSPS) is 11.3. The van der Waals surface area contributed by atoms with Crippen molar-refractivity contribution < 1.29 is 14.6 Å². The van der Waals surface area contributed by atoms with Crippen LogP contribution in [0.5, 0.6) is 11.5 Å². The molecule has 0 aliphatic rings. The van der Waals surface area contributed by atoms with Crippen LogP contribution in [0.15, 0.2) is 35.1 Å². The quantitative estimate of drug-likeness (QED) is 0.609. The summed E-state index contributed by atoms with van der Waals surface area (Å²) in [6.07, 6.45) is 0. The molecule has 2 N–H and O–H groups in total. The number of nitrogens with zero attached hydrogens (tertiary/aromatic N) is 1. The summed E-state index contributed by atoms with van der Waals surface area (Å²) in [5.41, 5.74) is 0.144. The zero-order chi connectivity index (χ0) is 13.7. The fraction of sp³-hybridized carbons (Fsp3) is 0.0714. The molecule has 0 radical (unpaired) electrons. The summed E-state index contributed by atoms with van der Waals surface area (Å²) in [6, 6.07) is 6.78. The summed E-state index contributed by atoms with van der Waals surface area (Å²) in [4.78, 5) is 12.2. The van der Waals surface area contributed by atoms with Crippen molar-refractivity contribution in [3.05, 3.63) is 46.5 Å². The van der Waals surface area contributed by atoms with Gasteiger partial charge in [0, 0.05) is 18.5 Å². The van der Waals surface area contributed by atoms with Crippen LogP contribution in [0, 0.1) is 5.82 Å². The Morgan fingerprint density at radius 1 is 1.05 bits per heavy atom. The number of hydrogen-bond acceptors (Lipinski definition) is 3. The van der Waals surface area contributed by atoms with E-state index in [9.17, 15) is 19.4 Å². The minimum absolute atomic E-state index is 0.0288. The Labute approximate surface area is 107 Å². The van der Waals surface area contributed by atoms with E-state index in [4.69, 9.17) is 0 Å². The lowest BCUT2D eigenvalue weighted by Gasteiger charge is -2.10. The lowest BCUT2D eigenvalue weighted by atomic mass is 10.1. The number of pyridine rings is 1. The first-order valence-electron chi connectivity index (χ1n) is 5.63. The van der Waals surface area contributed by atoms with Crippen LogP contribution in [-0.4, -0.2) is 14.8 Å². The van der Waals surface area contributed by atoms with Crippen molar-refractivity contribution in [2.75, 3.05) is 0 Å². The molecule has 1 heterocycles. The van der Waals surface area contributed by atoms with Gasteiger partial charge in [0.05, 0.1) is 10.9 Å². The van der Waals surface area contributed by atoms with Gasteiger partial charge in [0.15, 0.2) is 11.6 Å². The average molecular weight is 259 g/mol. The zero-order valence-corrected chi connectivity index (χ0v) is 10.0. The molecule has 19 heavy (non-hydrogen) atoms. The molecule has 3 rings (SSSR count). The molecule has 96 valence electrons. The van der Waals surface area contributed by atoms with Crippen molar-refractivity contribution in [3.8, 4) is 11.5 Å². The maximum absolute atomic E-state index is 13.5. The number of aromatic nitrogens is 1. The lowest BCUT2D eigenvalue weighted by Crippen LogP contribution is -2.17. The second-order valence-corrected chi connectivity index (χ2v) is 4.41. The summed E-state index contributed by atoms with van der Waals surface area (Å²) >= 11 is 0. The highest BCUT2D eigenvalue weighted by molar-refractivity contribution is 6.06. The molecule has 0 bridgehead atoms. The summed E-state index contributed by atoms with van der Waals surface area (Å²) in [5.74, 6) is -1.31.